The molecule has 6 nitrogen and oxygen atoms in total. The number of benzene rings is 1. The highest BCUT2D eigenvalue weighted by atomic mass is 35.5. The molecule has 0 spiro atoms. The quantitative estimate of drug-likeness (QED) is 0.607. The van der Waals surface area contributed by atoms with Crippen molar-refractivity contribution in [3.8, 4) is 0 Å². The number of carbonyl (C=O) groups excluding carboxylic acids is 1. The monoisotopic (exact) mass is 414 g/mol. The molecule has 2 fully saturated rings. The number of hydrogen-bond acceptors (Lipinski definition) is 4. The lowest BCUT2D eigenvalue weighted by atomic mass is 9.98. The molecule has 0 atom stereocenters. The topological polar surface area (TPSA) is 84.5 Å². The predicted octanol–water partition coefficient (Wildman–Crippen LogP) is 3.25. The maximum absolute atomic E-state index is 12.4. The first kappa shape index (κ1) is 20.6. The van der Waals surface area contributed by atoms with Gasteiger partial charge in [-0.25, -0.2) is 13.1 Å². The number of halogens is 1. The van der Waals surface area contributed by atoms with Crippen LogP contribution in [0.1, 0.15) is 61.7 Å². The number of carbonyl (C=O) groups is 1. The van der Waals surface area contributed by atoms with Gasteiger partial charge in [0.15, 0.2) is 0 Å². The van der Waals surface area contributed by atoms with E-state index >= 15 is 0 Å². The first-order valence-corrected chi connectivity index (χ1v) is 11.5. The van der Waals surface area contributed by atoms with Gasteiger partial charge in [-0.15, -0.1) is 0 Å². The largest absolute Gasteiger partial charge is 0.378 e. The Bertz CT molecular complexity index is 759. The Kier molecular flexibility index (Phi) is 7.14. The summed E-state index contributed by atoms with van der Waals surface area (Å²) in [6, 6.07) is 4.30. The molecular formula is C19H27ClN2O4S. The molecule has 2 aliphatic rings. The molecule has 2 aliphatic carbocycles. The van der Waals surface area contributed by atoms with Gasteiger partial charge < -0.3 is 10.1 Å². The van der Waals surface area contributed by atoms with Crippen molar-refractivity contribution in [2.24, 2.45) is 0 Å². The Morgan fingerprint density at radius 3 is 2.59 bits per heavy atom. The lowest BCUT2D eigenvalue weighted by Crippen LogP contribution is -2.28. The van der Waals surface area contributed by atoms with Gasteiger partial charge in [0.2, 0.25) is 10.0 Å². The van der Waals surface area contributed by atoms with E-state index < -0.39 is 10.0 Å². The molecule has 1 aromatic rings. The molecule has 150 valence electrons. The maximum atomic E-state index is 12.4. The molecule has 2 saturated carbocycles. The van der Waals surface area contributed by atoms with Crippen LogP contribution in [0.2, 0.25) is 5.02 Å². The van der Waals surface area contributed by atoms with E-state index in [1.165, 1.54) is 37.5 Å². The fourth-order valence-electron chi connectivity index (χ4n) is 3.19. The number of sulfonamides is 1. The second kappa shape index (κ2) is 9.37. The van der Waals surface area contributed by atoms with E-state index in [1.54, 1.807) is 0 Å². The minimum atomic E-state index is -3.71. The normalized spacial score (nSPS) is 18.4. The van der Waals surface area contributed by atoms with Crippen LogP contribution in [-0.2, 0) is 14.8 Å². The minimum Gasteiger partial charge on any atom is -0.378 e. The molecule has 0 aliphatic heterocycles. The van der Waals surface area contributed by atoms with Crippen LogP contribution in [0.5, 0.6) is 0 Å². The molecule has 8 heteroatoms. The number of rotatable bonds is 9. The van der Waals surface area contributed by atoms with Gasteiger partial charge in [0.05, 0.1) is 11.1 Å². The summed E-state index contributed by atoms with van der Waals surface area (Å²) >= 11 is 6.04. The van der Waals surface area contributed by atoms with Crippen LogP contribution in [0.15, 0.2) is 23.1 Å². The third kappa shape index (κ3) is 6.17. The first-order chi connectivity index (χ1) is 13.0. The fraction of sp³-hybridized carbons (Fsp3) is 0.632. The SMILES string of the molecule is O=C(NCCCOC1CCCCC1)c1ccc(Cl)c(S(=O)(=O)NC2CC2)c1. The highest BCUT2D eigenvalue weighted by Gasteiger charge is 2.29. The van der Waals surface area contributed by atoms with E-state index in [0.717, 1.165) is 32.1 Å². The molecule has 0 bridgehead atoms. The van der Waals surface area contributed by atoms with Crippen LogP contribution in [-0.4, -0.2) is 39.6 Å². The van der Waals surface area contributed by atoms with Crippen molar-refractivity contribution in [3.05, 3.63) is 28.8 Å². The second-order valence-electron chi connectivity index (χ2n) is 7.28. The summed E-state index contributed by atoms with van der Waals surface area (Å²) in [5.74, 6) is -0.313. The van der Waals surface area contributed by atoms with Crippen molar-refractivity contribution in [3.63, 3.8) is 0 Å². The lowest BCUT2D eigenvalue weighted by molar-refractivity contribution is 0.0273. The Hall–Kier alpha value is -1.15. The van der Waals surface area contributed by atoms with Crippen LogP contribution in [0.25, 0.3) is 0 Å². The standard InChI is InChI=1S/C19H27ClN2O4S/c20-17-10-7-14(13-18(17)27(24,25)22-15-8-9-15)19(23)21-11-4-12-26-16-5-2-1-3-6-16/h7,10,13,15-16,22H,1-6,8-9,11-12H2,(H,21,23). The zero-order chi connectivity index (χ0) is 19.3. The second-order valence-corrected chi connectivity index (χ2v) is 9.37. The molecular weight excluding hydrogens is 388 g/mol. The summed E-state index contributed by atoms with van der Waals surface area (Å²) in [6.45, 7) is 1.10. The Labute approximate surface area is 166 Å². The van der Waals surface area contributed by atoms with Crippen molar-refractivity contribution in [1.82, 2.24) is 10.0 Å². The summed E-state index contributed by atoms with van der Waals surface area (Å²) in [5.41, 5.74) is 0.281. The number of ether oxygens (including phenoxy) is 1. The van der Waals surface area contributed by atoms with Gasteiger partial charge in [-0.3, -0.25) is 4.79 Å². The molecule has 27 heavy (non-hydrogen) atoms. The van der Waals surface area contributed by atoms with E-state index in [9.17, 15) is 13.2 Å². The van der Waals surface area contributed by atoms with E-state index in [0.29, 0.717) is 19.3 Å². The van der Waals surface area contributed by atoms with Gasteiger partial charge >= 0.3 is 0 Å². The molecule has 0 unspecified atom stereocenters. The van der Waals surface area contributed by atoms with Crippen LogP contribution < -0.4 is 10.0 Å². The van der Waals surface area contributed by atoms with E-state index in [4.69, 9.17) is 16.3 Å². The first-order valence-electron chi connectivity index (χ1n) is 9.67. The Balaban J connectivity index is 1.48. The van der Waals surface area contributed by atoms with Crippen molar-refractivity contribution >= 4 is 27.5 Å². The van der Waals surface area contributed by atoms with Gasteiger partial charge in [-0.1, -0.05) is 30.9 Å². The molecule has 0 aromatic heterocycles. The molecule has 1 aromatic carbocycles. The molecule has 0 heterocycles. The predicted molar refractivity (Wildman–Crippen MR) is 105 cm³/mol. The van der Waals surface area contributed by atoms with E-state index in [-0.39, 0.29) is 27.4 Å². The average Bonchev–Trinajstić information content (AvgIpc) is 3.45. The fourth-order valence-corrected chi connectivity index (χ4v) is 5.02. The highest BCUT2D eigenvalue weighted by molar-refractivity contribution is 7.89. The van der Waals surface area contributed by atoms with Crippen molar-refractivity contribution in [1.29, 1.82) is 0 Å². The molecule has 3 rings (SSSR count). The van der Waals surface area contributed by atoms with Gasteiger partial charge in [0.25, 0.3) is 5.91 Å². The van der Waals surface area contributed by atoms with Crippen LogP contribution in [0, 0.1) is 0 Å². The van der Waals surface area contributed by atoms with Crippen molar-refractivity contribution in [2.45, 2.75) is 68.4 Å². The summed E-state index contributed by atoms with van der Waals surface area (Å²) in [6.07, 6.45) is 8.77. The van der Waals surface area contributed by atoms with Gasteiger partial charge in [0.1, 0.15) is 4.90 Å². The lowest BCUT2D eigenvalue weighted by Gasteiger charge is -2.21. The highest BCUT2D eigenvalue weighted by Crippen LogP contribution is 2.27. The summed E-state index contributed by atoms with van der Waals surface area (Å²) < 4.78 is 33.2. The third-order valence-corrected chi connectivity index (χ3v) is 6.90. The Morgan fingerprint density at radius 1 is 1.15 bits per heavy atom. The van der Waals surface area contributed by atoms with E-state index in [1.807, 2.05) is 0 Å². The van der Waals surface area contributed by atoms with E-state index in [2.05, 4.69) is 10.0 Å². The summed E-state index contributed by atoms with van der Waals surface area (Å²) in [5, 5.41) is 2.92. The number of nitrogens with one attached hydrogen (secondary N) is 2. The number of hydrogen-bond donors (Lipinski definition) is 2. The summed E-state index contributed by atoms with van der Waals surface area (Å²) in [7, 11) is -3.71. The van der Waals surface area contributed by atoms with Crippen molar-refractivity contribution < 1.29 is 17.9 Å². The smallest absolute Gasteiger partial charge is 0.251 e. The molecule has 1 amide bonds. The molecule has 0 saturated heterocycles. The minimum absolute atomic E-state index is 0.0206. The average molecular weight is 415 g/mol. The zero-order valence-electron chi connectivity index (χ0n) is 15.4. The maximum Gasteiger partial charge on any atom is 0.251 e. The van der Waals surface area contributed by atoms with Gasteiger partial charge in [-0.2, -0.15) is 0 Å². The van der Waals surface area contributed by atoms with Crippen LogP contribution >= 0.6 is 11.6 Å². The molecule has 0 radical (unpaired) electrons. The van der Waals surface area contributed by atoms with Crippen molar-refractivity contribution in [2.75, 3.05) is 13.2 Å². The Morgan fingerprint density at radius 2 is 1.89 bits per heavy atom. The zero-order valence-corrected chi connectivity index (χ0v) is 16.9. The molecule has 2 N–H and O–H groups in total. The van der Waals surface area contributed by atoms with Gasteiger partial charge in [-0.05, 0) is 50.3 Å². The third-order valence-electron chi connectivity index (χ3n) is 4.89. The summed E-state index contributed by atoms with van der Waals surface area (Å²) in [4.78, 5) is 12.3. The number of amides is 1. The van der Waals surface area contributed by atoms with Gasteiger partial charge in [0, 0.05) is 24.8 Å². The van der Waals surface area contributed by atoms with Crippen LogP contribution in [0.3, 0.4) is 0 Å². The van der Waals surface area contributed by atoms with Crippen LogP contribution in [0.4, 0.5) is 0 Å².